The minimum atomic E-state index is -5.71. The maximum absolute atomic E-state index is 12.1. The van der Waals surface area contributed by atoms with Gasteiger partial charge < -0.3 is 9.63 Å². The van der Waals surface area contributed by atoms with Crippen LogP contribution in [0, 0.1) is 0 Å². The van der Waals surface area contributed by atoms with Gasteiger partial charge in [0, 0.05) is 0 Å². The van der Waals surface area contributed by atoms with Gasteiger partial charge in [0.2, 0.25) is 11.8 Å². The molecular formula is C6H2F6N2O3. The van der Waals surface area contributed by atoms with Crippen molar-refractivity contribution in [2.45, 2.75) is 18.3 Å². The Balaban J connectivity index is 3.19. The minimum Gasteiger partial charge on any atom is -0.475 e. The van der Waals surface area contributed by atoms with Crippen molar-refractivity contribution in [2.75, 3.05) is 0 Å². The lowest BCUT2D eigenvalue weighted by atomic mass is 10.1. The average molecular weight is 264 g/mol. The van der Waals surface area contributed by atoms with Gasteiger partial charge in [-0.3, -0.25) is 0 Å². The number of carbonyl (C=O) groups is 1. The first kappa shape index (κ1) is 13.3. The van der Waals surface area contributed by atoms with Crippen molar-refractivity contribution in [2.24, 2.45) is 0 Å². The molecule has 11 heteroatoms. The Hall–Kier alpha value is -1.81. The van der Waals surface area contributed by atoms with Gasteiger partial charge >= 0.3 is 18.3 Å². The van der Waals surface area contributed by atoms with E-state index in [-0.39, 0.29) is 0 Å². The second kappa shape index (κ2) is 3.89. The highest BCUT2D eigenvalue weighted by atomic mass is 19.4. The van der Waals surface area contributed by atoms with Crippen LogP contribution in [0.2, 0.25) is 0 Å². The first-order valence-electron chi connectivity index (χ1n) is 3.74. The number of carboxylic acid groups (broad SMARTS) is 1. The number of carboxylic acids is 1. The predicted octanol–water partition coefficient (Wildman–Crippen LogP) is 1.98. The predicted molar refractivity (Wildman–Crippen MR) is 36.1 cm³/mol. The molecule has 0 bridgehead atoms. The van der Waals surface area contributed by atoms with Crippen molar-refractivity contribution in [3.8, 4) is 0 Å². The molecule has 1 aromatic heterocycles. The fourth-order valence-electron chi connectivity index (χ4n) is 0.905. The smallest absolute Gasteiger partial charge is 0.409 e. The molecule has 96 valence electrons. The summed E-state index contributed by atoms with van der Waals surface area (Å²) in [4.78, 5) is 12.7. The molecule has 5 nitrogen and oxygen atoms in total. The molecule has 0 aliphatic rings. The summed E-state index contributed by atoms with van der Waals surface area (Å²) in [5, 5.41) is 10.7. The van der Waals surface area contributed by atoms with Gasteiger partial charge in [0.25, 0.3) is 5.82 Å². The molecule has 17 heavy (non-hydrogen) atoms. The van der Waals surface area contributed by atoms with Crippen molar-refractivity contribution >= 4 is 5.97 Å². The maximum Gasteiger partial charge on any atom is 0.409 e. The van der Waals surface area contributed by atoms with Gasteiger partial charge in [-0.1, -0.05) is 0 Å². The number of aromatic carboxylic acids is 1. The summed E-state index contributed by atoms with van der Waals surface area (Å²) < 4.78 is 76.4. The van der Waals surface area contributed by atoms with Gasteiger partial charge in [-0.15, -0.1) is 0 Å². The Labute approximate surface area is 88.0 Å². The van der Waals surface area contributed by atoms with E-state index >= 15 is 0 Å². The van der Waals surface area contributed by atoms with Gasteiger partial charge in [0.1, 0.15) is 0 Å². The van der Waals surface area contributed by atoms with Crippen LogP contribution >= 0.6 is 0 Å². The van der Waals surface area contributed by atoms with Crippen LogP contribution in [0.15, 0.2) is 4.52 Å². The highest BCUT2D eigenvalue weighted by Crippen LogP contribution is 2.45. The number of alkyl halides is 6. The lowest BCUT2D eigenvalue weighted by Crippen LogP contribution is -2.34. The largest absolute Gasteiger partial charge is 0.475 e. The van der Waals surface area contributed by atoms with E-state index in [0.717, 1.165) is 0 Å². The molecular weight excluding hydrogens is 262 g/mol. The highest BCUT2D eigenvalue weighted by Gasteiger charge is 2.61. The van der Waals surface area contributed by atoms with Crippen molar-refractivity contribution in [1.29, 1.82) is 0 Å². The summed E-state index contributed by atoms with van der Waals surface area (Å²) in [5.74, 6) is -9.04. The summed E-state index contributed by atoms with van der Waals surface area (Å²) >= 11 is 0. The Morgan fingerprint density at radius 1 is 1.18 bits per heavy atom. The SMILES string of the molecule is O=C(O)c1noc(C(C(F)(F)F)C(F)(F)F)n1. The second-order valence-corrected chi connectivity index (χ2v) is 2.78. The Bertz CT molecular complexity index is 408. The molecule has 0 radical (unpaired) electrons. The molecule has 1 rings (SSSR count). The molecule has 0 amide bonds. The fourth-order valence-corrected chi connectivity index (χ4v) is 0.905. The molecule has 0 saturated heterocycles. The lowest BCUT2D eigenvalue weighted by molar-refractivity contribution is -0.259. The molecule has 0 aliphatic carbocycles. The van der Waals surface area contributed by atoms with Gasteiger partial charge in [0.05, 0.1) is 0 Å². The molecule has 1 heterocycles. The first-order valence-corrected chi connectivity index (χ1v) is 3.74. The topological polar surface area (TPSA) is 76.2 Å². The van der Waals surface area contributed by atoms with E-state index in [1.807, 2.05) is 0 Å². The Morgan fingerprint density at radius 3 is 1.94 bits per heavy atom. The molecule has 1 aromatic rings. The normalized spacial score (nSPS) is 13.1. The van der Waals surface area contributed by atoms with E-state index in [4.69, 9.17) is 5.11 Å². The summed E-state index contributed by atoms with van der Waals surface area (Å²) in [5.41, 5.74) is 0. The molecule has 0 aliphatic heterocycles. The summed E-state index contributed by atoms with van der Waals surface area (Å²) in [6, 6.07) is 0. The van der Waals surface area contributed by atoms with Crippen molar-refractivity contribution in [3.05, 3.63) is 11.7 Å². The maximum atomic E-state index is 12.1. The van der Waals surface area contributed by atoms with Crippen LogP contribution in [-0.4, -0.2) is 33.6 Å². The van der Waals surface area contributed by atoms with E-state index in [1.54, 1.807) is 0 Å². The first-order chi connectivity index (χ1) is 7.53. The number of nitrogens with zero attached hydrogens (tertiary/aromatic N) is 2. The second-order valence-electron chi connectivity index (χ2n) is 2.78. The molecule has 0 spiro atoms. The lowest BCUT2D eigenvalue weighted by Gasteiger charge is -2.18. The minimum absolute atomic E-state index is 1.28. The quantitative estimate of drug-likeness (QED) is 0.826. The van der Waals surface area contributed by atoms with E-state index in [1.165, 1.54) is 0 Å². The fraction of sp³-hybridized carbons (Fsp3) is 0.500. The monoisotopic (exact) mass is 264 g/mol. The van der Waals surface area contributed by atoms with E-state index in [2.05, 4.69) is 14.7 Å². The molecule has 0 aromatic carbocycles. The van der Waals surface area contributed by atoms with Gasteiger partial charge in [-0.25, -0.2) is 4.79 Å². The van der Waals surface area contributed by atoms with Crippen molar-refractivity contribution in [3.63, 3.8) is 0 Å². The zero-order valence-corrected chi connectivity index (χ0v) is 7.50. The zero-order valence-electron chi connectivity index (χ0n) is 7.50. The average Bonchev–Trinajstić information content (AvgIpc) is 2.46. The zero-order chi connectivity index (χ0) is 13.4. The van der Waals surface area contributed by atoms with Crippen LogP contribution in [0.4, 0.5) is 26.3 Å². The van der Waals surface area contributed by atoms with Crippen LogP contribution in [0.25, 0.3) is 0 Å². The van der Waals surface area contributed by atoms with Crippen LogP contribution in [-0.2, 0) is 0 Å². The Morgan fingerprint density at radius 2 is 1.65 bits per heavy atom. The van der Waals surface area contributed by atoms with Gasteiger partial charge in [0.15, 0.2) is 0 Å². The molecule has 0 unspecified atom stereocenters. The van der Waals surface area contributed by atoms with Crippen LogP contribution in [0.3, 0.4) is 0 Å². The summed E-state index contributed by atoms with van der Waals surface area (Å²) in [6.07, 6.45) is -11.4. The standard InChI is InChI=1S/C6H2F6N2O3/c7-5(8,9)1(6(10,11)12)3-13-2(4(15)16)14-17-3/h1H,(H,15,16). The number of hydrogen-bond donors (Lipinski definition) is 1. The molecule has 0 saturated carbocycles. The van der Waals surface area contributed by atoms with E-state index in [0.29, 0.717) is 0 Å². The van der Waals surface area contributed by atoms with Gasteiger partial charge in [-0.2, -0.15) is 31.3 Å². The third kappa shape index (κ3) is 2.85. The van der Waals surface area contributed by atoms with Crippen molar-refractivity contribution in [1.82, 2.24) is 10.1 Å². The molecule has 1 N–H and O–H groups in total. The van der Waals surface area contributed by atoms with Crippen LogP contribution in [0.1, 0.15) is 22.4 Å². The van der Waals surface area contributed by atoms with Crippen LogP contribution < -0.4 is 0 Å². The number of aromatic nitrogens is 2. The van der Waals surface area contributed by atoms with Crippen LogP contribution in [0.5, 0.6) is 0 Å². The van der Waals surface area contributed by atoms with Crippen molar-refractivity contribution < 1.29 is 40.8 Å². The summed E-state index contributed by atoms with van der Waals surface area (Å²) in [7, 11) is 0. The third-order valence-electron chi connectivity index (χ3n) is 1.53. The van der Waals surface area contributed by atoms with Gasteiger partial charge in [-0.05, 0) is 5.16 Å². The molecule has 0 atom stereocenters. The van der Waals surface area contributed by atoms with E-state index in [9.17, 15) is 31.1 Å². The molecule has 0 fully saturated rings. The number of halogens is 6. The number of hydrogen-bond acceptors (Lipinski definition) is 4. The Kier molecular flexibility index (Phi) is 3.03. The number of rotatable bonds is 2. The van der Waals surface area contributed by atoms with E-state index < -0.39 is 36.0 Å². The highest BCUT2D eigenvalue weighted by molar-refractivity contribution is 5.82. The third-order valence-corrected chi connectivity index (χ3v) is 1.53. The summed E-state index contributed by atoms with van der Waals surface area (Å²) in [6.45, 7) is 0.